The minimum Gasteiger partial charge on any atom is -0.497 e. The van der Waals surface area contributed by atoms with Crippen LogP contribution < -0.4 is 9.30 Å². The summed E-state index contributed by atoms with van der Waals surface area (Å²) in [6.45, 7) is 5.33. The van der Waals surface area contributed by atoms with Gasteiger partial charge in [-0.25, -0.2) is 0 Å². The third kappa shape index (κ3) is 1.38. The molecule has 0 saturated heterocycles. The summed E-state index contributed by atoms with van der Waals surface area (Å²) in [4.78, 5) is 0. The largest absolute Gasteiger partial charge is 0.497 e. The molecule has 0 aliphatic heterocycles. The van der Waals surface area contributed by atoms with E-state index in [2.05, 4.69) is 30.5 Å². The predicted octanol–water partition coefficient (Wildman–Crippen LogP) is 2.53. The van der Waals surface area contributed by atoms with Gasteiger partial charge in [-0.05, 0) is 19.1 Å². The van der Waals surface area contributed by atoms with Crippen LogP contribution in [0.5, 0.6) is 5.75 Å². The molecule has 14 heavy (non-hydrogen) atoms. The maximum absolute atomic E-state index is 5.22. The van der Waals surface area contributed by atoms with Crippen LogP contribution in [0, 0.1) is 6.92 Å². The number of rotatable bonds is 2. The zero-order chi connectivity index (χ0) is 10.1. The zero-order valence-corrected chi connectivity index (χ0v) is 9.52. The molecule has 1 aromatic carbocycles. The molecule has 0 fully saturated rings. The van der Waals surface area contributed by atoms with Crippen molar-refractivity contribution in [1.82, 2.24) is 0 Å². The molecule has 0 radical (unpaired) electrons. The number of aryl methyl sites for hydroxylation is 2. The van der Waals surface area contributed by atoms with Crippen LogP contribution in [0.2, 0.25) is 0 Å². The molecule has 0 aliphatic rings. The molecule has 2 nitrogen and oxygen atoms in total. The van der Waals surface area contributed by atoms with Crippen LogP contribution in [0.1, 0.15) is 11.9 Å². The highest BCUT2D eigenvalue weighted by Gasteiger charge is 2.15. The molecule has 74 valence electrons. The van der Waals surface area contributed by atoms with Gasteiger partial charge in [-0.2, -0.15) is 4.57 Å². The SMILES string of the molecule is CC[n+]1c(C)sc2ccc(OC)cc21. The van der Waals surface area contributed by atoms with Gasteiger partial charge >= 0.3 is 0 Å². The van der Waals surface area contributed by atoms with Gasteiger partial charge in [0.05, 0.1) is 13.2 Å². The highest BCUT2D eigenvalue weighted by Crippen LogP contribution is 2.24. The highest BCUT2D eigenvalue weighted by atomic mass is 32.1. The Morgan fingerprint density at radius 2 is 2.21 bits per heavy atom. The second kappa shape index (κ2) is 3.58. The number of thiazole rings is 1. The van der Waals surface area contributed by atoms with E-state index < -0.39 is 0 Å². The second-order valence-electron chi connectivity index (χ2n) is 3.20. The van der Waals surface area contributed by atoms with Crippen molar-refractivity contribution in [2.45, 2.75) is 20.4 Å². The molecule has 0 unspecified atom stereocenters. The maximum Gasteiger partial charge on any atom is 0.235 e. The summed E-state index contributed by atoms with van der Waals surface area (Å²) >= 11 is 1.83. The smallest absolute Gasteiger partial charge is 0.235 e. The molecule has 1 aromatic heterocycles. The summed E-state index contributed by atoms with van der Waals surface area (Å²) in [5.41, 5.74) is 1.27. The monoisotopic (exact) mass is 208 g/mol. The molecule has 1 heterocycles. The number of ether oxygens (including phenoxy) is 1. The van der Waals surface area contributed by atoms with Crippen molar-refractivity contribution in [2.75, 3.05) is 7.11 Å². The van der Waals surface area contributed by atoms with Crippen molar-refractivity contribution < 1.29 is 9.30 Å². The van der Waals surface area contributed by atoms with Gasteiger partial charge in [0, 0.05) is 6.92 Å². The predicted molar refractivity (Wildman–Crippen MR) is 59.0 cm³/mol. The van der Waals surface area contributed by atoms with Gasteiger partial charge in [0.25, 0.3) is 0 Å². The number of methoxy groups -OCH3 is 1. The Labute approximate surface area is 87.8 Å². The normalized spacial score (nSPS) is 10.8. The van der Waals surface area contributed by atoms with Crippen LogP contribution in [-0.4, -0.2) is 7.11 Å². The van der Waals surface area contributed by atoms with Crippen LogP contribution in [0.15, 0.2) is 18.2 Å². The van der Waals surface area contributed by atoms with E-state index in [1.165, 1.54) is 15.2 Å². The fraction of sp³-hybridized carbons (Fsp3) is 0.364. The van der Waals surface area contributed by atoms with Crippen molar-refractivity contribution in [3.8, 4) is 5.75 Å². The van der Waals surface area contributed by atoms with Crippen molar-refractivity contribution in [3.63, 3.8) is 0 Å². The van der Waals surface area contributed by atoms with E-state index in [1.807, 2.05) is 17.4 Å². The standard InChI is InChI=1S/C11H14NOS/c1-4-12-8(2)14-11-6-5-9(13-3)7-10(11)12/h5-7H,4H2,1-3H3/q+1. The van der Waals surface area contributed by atoms with E-state index in [0.717, 1.165) is 12.3 Å². The lowest BCUT2D eigenvalue weighted by atomic mass is 10.3. The van der Waals surface area contributed by atoms with Crippen LogP contribution >= 0.6 is 11.3 Å². The number of benzene rings is 1. The van der Waals surface area contributed by atoms with Gasteiger partial charge in [-0.1, -0.05) is 11.3 Å². The van der Waals surface area contributed by atoms with Crippen molar-refractivity contribution in [1.29, 1.82) is 0 Å². The van der Waals surface area contributed by atoms with Crippen LogP contribution in [-0.2, 0) is 6.54 Å². The molecular formula is C11H14NOS+. The Morgan fingerprint density at radius 3 is 2.86 bits per heavy atom. The summed E-state index contributed by atoms with van der Waals surface area (Å²) in [6, 6.07) is 6.23. The van der Waals surface area contributed by atoms with E-state index in [-0.39, 0.29) is 0 Å². The first kappa shape index (κ1) is 9.46. The topological polar surface area (TPSA) is 13.1 Å². The average molecular weight is 208 g/mol. The van der Waals surface area contributed by atoms with E-state index in [4.69, 9.17) is 4.74 Å². The Bertz CT molecular complexity index is 462. The Hall–Kier alpha value is -1.09. The lowest BCUT2D eigenvalue weighted by Gasteiger charge is -1.96. The van der Waals surface area contributed by atoms with Gasteiger partial charge < -0.3 is 4.74 Å². The second-order valence-corrected chi connectivity index (χ2v) is 4.43. The molecule has 3 heteroatoms. The lowest BCUT2D eigenvalue weighted by molar-refractivity contribution is -0.669. The maximum atomic E-state index is 5.22. The van der Waals surface area contributed by atoms with E-state index in [1.54, 1.807) is 7.11 Å². The van der Waals surface area contributed by atoms with Gasteiger partial charge in [-0.15, -0.1) is 0 Å². The van der Waals surface area contributed by atoms with Gasteiger partial charge in [0.2, 0.25) is 10.5 Å². The first-order valence-electron chi connectivity index (χ1n) is 4.73. The number of fused-ring (bicyclic) bond motifs is 1. The number of hydrogen-bond donors (Lipinski definition) is 0. The first-order valence-corrected chi connectivity index (χ1v) is 5.55. The van der Waals surface area contributed by atoms with E-state index in [0.29, 0.717) is 0 Å². The fourth-order valence-corrected chi connectivity index (χ4v) is 2.76. The highest BCUT2D eigenvalue weighted by molar-refractivity contribution is 7.18. The molecule has 0 spiro atoms. The summed E-state index contributed by atoms with van der Waals surface area (Å²) in [7, 11) is 1.71. The van der Waals surface area contributed by atoms with Crippen molar-refractivity contribution in [2.24, 2.45) is 0 Å². The molecule has 0 atom stereocenters. The molecule has 0 aliphatic carbocycles. The van der Waals surface area contributed by atoms with Crippen LogP contribution in [0.25, 0.3) is 10.2 Å². The molecule has 2 rings (SSSR count). The summed E-state index contributed by atoms with van der Waals surface area (Å²) in [5.74, 6) is 0.928. The van der Waals surface area contributed by atoms with Crippen molar-refractivity contribution >= 4 is 21.6 Å². The van der Waals surface area contributed by atoms with Gasteiger partial charge in [0.15, 0.2) is 0 Å². The number of aromatic nitrogens is 1. The third-order valence-corrected chi connectivity index (χ3v) is 3.49. The molecule has 0 N–H and O–H groups in total. The first-order chi connectivity index (χ1) is 6.76. The fourth-order valence-electron chi connectivity index (χ4n) is 1.70. The van der Waals surface area contributed by atoms with Crippen LogP contribution in [0.3, 0.4) is 0 Å². The van der Waals surface area contributed by atoms with Gasteiger partial charge in [0.1, 0.15) is 17.0 Å². The third-order valence-electron chi connectivity index (χ3n) is 2.41. The van der Waals surface area contributed by atoms with Crippen molar-refractivity contribution in [3.05, 3.63) is 23.2 Å². The zero-order valence-electron chi connectivity index (χ0n) is 8.70. The Morgan fingerprint density at radius 1 is 1.43 bits per heavy atom. The lowest BCUT2D eigenvalue weighted by Crippen LogP contribution is -2.33. The molecule has 0 saturated carbocycles. The molecular weight excluding hydrogens is 194 g/mol. The number of nitrogens with zero attached hydrogens (tertiary/aromatic N) is 1. The minimum atomic E-state index is 0.928. The van der Waals surface area contributed by atoms with E-state index >= 15 is 0 Å². The molecule has 0 bridgehead atoms. The minimum absolute atomic E-state index is 0.928. The molecule has 0 amide bonds. The average Bonchev–Trinajstić information content (AvgIpc) is 2.52. The quantitative estimate of drug-likeness (QED) is 0.691. The van der Waals surface area contributed by atoms with Crippen LogP contribution in [0.4, 0.5) is 0 Å². The van der Waals surface area contributed by atoms with E-state index in [9.17, 15) is 0 Å². The summed E-state index contributed by atoms with van der Waals surface area (Å²) in [6.07, 6.45) is 0. The van der Waals surface area contributed by atoms with Gasteiger partial charge in [-0.3, -0.25) is 0 Å². The number of hydrogen-bond acceptors (Lipinski definition) is 2. The Kier molecular flexibility index (Phi) is 2.42. The Balaban J connectivity index is 2.71. The summed E-state index contributed by atoms with van der Waals surface area (Å²) < 4.78 is 8.85. The summed E-state index contributed by atoms with van der Waals surface area (Å²) in [5, 5.41) is 1.34. The molecule has 2 aromatic rings.